The first-order valence-electron chi connectivity index (χ1n) is 5.84. The predicted molar refractivity (Wildman–Crippen MR) is 72.6 cm³/mol. The van der Waals surface area contributed by atoms with E-state index in [4.69, 9.17) is 0 Å². The molecule has 0 aliphatic heterocycles. The summed E-state index contributed by atoms with van der Waals surface area (Å²) in [5.74, 6) is 0. The second-order valence-corrected chi connectivity index (χ2v) is 4.26. The zero-order valence-electron chi connectivity index (χ0n) is 9.82. The summed E-state index contributed by atoms with van der Waals surface area (Å²) in [5.41, 5.74) is 1.90. The number of fused-ring (bicyclic) bond motifs is 1. The van der Waals surface area contributed by atoms with Gasteiger partial charge in [0.05, 0.1) is 5.52 Å². The molecule has 0 fully saturated rings. The highest BCUT2D eigenvalue weighted by molar-refractivity contribution is 7.16. The van der Waals surface area contributed by atoms with Crippen LogP contribution in [0.4, 0.5) is 0 Å². The van der Waals surface area contributed by atoms with E-state index in [1.54, 1.807) is 0 Å². The van der Waals surface area contributed by atoms with E-state index in [0.717, 1.165) is 11.0 Å². The Kier molecular flexibility index (Phi) is 6.75. The molecular formula is C12H20N3P. The molecule has 0 radical (unpaired) electrons. The van der Waals surface area contributed by atoms with Gasteiger partial charge in [0, 0.05) is 0 Å². The summed E-state index contributed by atoms with van der Waals surface area (Å²) in [7, 11) is 2.75. The van der Waals surface area contributed by atoms with Gasteiger partial charge in [0.15, 0.2) is 0 Å². The standard InChI is InChI=1S/C6H5N3.C6H15P/c1-2-4-6-5(3-1)7-9-8-6;1-2-3-4-5-6-7/h1-4H,(H,7,8,9);2-7H2,1H3. The first-order valence-corrected chi connectivity index (χ1v) is 6.66. The zero-order valence-corrected chi connectivity index (χ0v) is 11.0. The lowest BCUT2D eigenvalue weighted by Crippen LogP contribution is -1.73. The third-order valence-corrected chi connectivity index (χ3v) is 2.70. The maximum absolute atomic E-state index is 3.81. The Labute approximate surface area is 99.2 Å². The predicted octanol–water partition coefficient (Wildman–Crippen LogP) is 3.40. The Hall–Kier alpha value is -0.950. The molecule has 1 atom stereocenters. The van der Waals surface area contributed by atoms with Crippen molar-refractivity contribution < 1.29 is 0 Å². The topological polar surface area (TPSA) is 41.6 Å². The van der Waals surface area contributed by atoms with Crippen LogP contribution in [0.3, 0.4) is 0 Å². The third-order valence-electron chi connectivity index (χ3n) is 2.29. The number of para-hydroxylation sites is 1. The monoisotopic (exact) mass is 237 g/mol. The van der Waals surface area contributed by atoms with Crippen LogP contribution in [-0.2, 0) is 0 Å². The lowest BCUT2D eigenvalue weighted by Gasteiger charge is -1.90. The van der Waals surface area contributed by atoms with E-state index in [-0.39, 0.29) is 0 Å². The van der Waals surface area contributed by atoms with Crippen LogP contribution in [0.25, 0.3) is 11.0 Å². The molecule has 3 nitrogen and oxygen atoms in total. The molecule has 1 heterocycles. The molecule has 2 rings (SSSR count). The molecule has 2 aromatic rings. The maximum atomic E-state index is 3.81. The molecule has 88 valence electrons. The molecule has 0 amide bonds. The highest BCUT2D eigenvalue weighted by atomic mass is 31.0. The van der Waals surface area contributed by atoms with Gasteiger partial charge in [-0.2, -0.15) is 0 Å². The minimum atomic E-state index is 0.914. The van der Waals surface area contributed by atoms with Crippen molar-refractivity contribution in [1.82, 2.24) is 15.4 Å². The third kappa shape index (κ3) is 4.71. The molecule has 4 heteroatoms. The summed E-state index contributed by atoms with van der Waals surface area (Å²) >= 11 is 0. The van der Waals surface area contributed by atoms with Gasteiger partial charge in [-0.3, -0.25) is 5.10 Å². The maximum Gasteiger partial charge on any atom is 0.112 e. The van der Waals surface area contributed by atoms with Gasteiger partial charge >= 0.3 is 0 Å². The second-order valence-electron chi connectivity index (χ2n) is 3.68. The molecule has 0 saturated carbocycles. The average molecular weight is 237 g/mol. The number of unbranched alkanes of at least 4 members (excludes halogenated alkanes) is 3. The van der Waals surface area contributed by atoms with Gasteiger partial charge in [0.25, 0.3) is 0 Å². The number of nitrogens with zero attached hydrogens (tertiary/aromatic N) is 2. The second kappa shape index (κ2) is 8.23. The van der Waals surface area contributed by atoms with Crippen molar-refractivity contribution in [2.75, 3.05) is 6.16 Å². The summed E-state index contributed by atoms with van der Waals surface area (Å²) in [6.45, 7) is 2.24. The van der Waals surface area contributed by atoms with E-state index in [1.165, 1.54) is 31.8 Å². The molecule has 16 heavy (non-hydrogen) atoms. The van der Waals surface area contributed by atoms with Crippen LogP contribution in [-0.4, -0.2) is 21.6 Å². The molecular weight excluding hydrogens is 217 g/mol. The first-order chi connectivity index (χ1) is 7.88. The van der Waals surface area contributed by atoms with Gasteiger partial charge in [0.1, 0.15) is 5.52 Å². The normalized spacial score (nSPS) is 9.88. The van der Waals surface area contributed by atoms with Crippen LogP contribution in [0.2, 0.25) is 0 Å². The van der Waals surface area contributed by atoms with E-state index in [9.17, 15) is 0 Å². The number of hydrogen-bond acceptors (Lipinski definition) is 2. The molecule has 0 saturated heterocycles. The molecule has 1 unspecified atom stereocenters. The minimum absolute atomic E-state index is 0.914. The van der Waals surface area contributed by atoms with E-state index in [1.807, 2.05) is 24.3 Å². The van der Waals surface area contributed by atoms with Gasteiger partial charge < -0.3 is 0 Å². The van der Waals surface area contributed by atoms with Gasteiger partial charge in [-0.25, -0.2) is 0 Å². The van der Waals surface area contributed by atoms with E-state index in [2.05, 4.69) is 31.6 Å². The number of benzene rings is 1. The van der Waals surface area contributed by atoms with Gasteiger partial charge in [0.2, 0.25) is 0 Å². The molecule has 1 aromatic carbocycles. The number of H-pyrrole nitrogens is 1. The number of aromatic amines is 1. The lowest BCUT2D eigenvalue weighted by atomic mass is 10.2. The number of aromatic nitrogens is 3. The van der Waals surface area contributed by atoms with Crippen LogP contribution in [0.15, 0.2) is 24.3 Å². The zero-order chi connectivity index (χ0) is 11.6. The highest BCUT2D eigenvalue weighted by Crippen LogP contribution is 2.03. The summed E-state index contributed by atoms with van der Waals surface area (Å²) in [6.07, 6.45) is 6.84. The number of nitrogens with one attached hydrogen (secondary N) is 1. The Balaban J connectivity index is 0.000000168. The molecule has 1 N–H and O–H groups in total. The number of rotatable bonds is 4. The summed E-state index contributed by atoms with van der Waals surface area (Å²) in [5, 5.41) is 10.2. The molecule has 0 aliphatic rings. The molecule has 0 bridgehead atoms. The van der Waals surface area contributed by atoms with E-state index >= 15 is 0 Å². The fourth-order valence-corrected chi connectivity index (χ4v) is 1.65. The summed E-state index contributed by atoms with van der Waals surface area (Å²) in [4.78, 5) is 0. The Morgan fingerprint density at radius 3 is 2.69 bits per heavy atom. The minimum Gasteiger partial charge on any atom is -0.258 e. The van der Waals surface area contributed by atoms with Crippen LogP contribution >= 0.6 is 9.24 Å². The average Bonchev–Trinajstić information content (AvgIpc) is 2.78. The SMILES string of the molecule is CCCCCCP.c1ccc2[nH]nnc2c1. The fraction of sp³-hybridized carbons (Fsp3) is 0.500. The molecule has 0 aliphatic carbocycles. The highest BCUT2D eigenvalue weighted by Gasteiger charge is 1.90. The fourth-order valence-electron chi connectivity index (χ4n) is 1.36. The van der Waals surface area contributed by atoms with Crippen molar-refractivity contribution in [2.45, 2.75) is 32.6 Å². The van der Waals surface area contributed by atoms with Gasteiger partial charge in [-0.05, 0) is 24.7 Å². The number of hydrogen-bond donors (Lipinski definition) is 1. The quantitative estimate of drug-likeness (QED) is 0.654. The van der Waals surface area contributed by atoms with E-state index in [0.29, 0.717) is 0 Å². The Morgan fingerprint density at radius 2 is 2.00 bits per heavy atom. The van der Waals surface area contributed by atoms with Gasteiger partial charge in [-0.15, -0.1) is 14.3 Å². The van der Waals surface area contributed by atoms with Crippen molar-refractivity contribution in [3.05, 3.63) is 24.3 Å². The lowest BCUT2D eigenvalue weighted by molar-refractivity contribution is 0.706. The largest absolute Gasteiger partial charge is 0.258 e. The molecule has 0 spiro atoms. The van der Waals surface area contributed by atoms with Crippen molar-refractivity contribution in [3.8, 4) is 0 Å². The van der Waals surface area contributed by atoms with E-state index < -0.39 is 0 Å². The smallest absolute Gasteiger partial charge is 0.112 e. The van der Waals surface area contributed by atoms with Crippen molar-refractivity contribution in [3.63, 3.8) is 0 Å². The van der Waals surface area contributed by atoms with Crippen molar-refractivity contribution in [1.29, 1.82) is 0 Å². The Bertz CT molecular complexity index is 352. The summed E-state index contributed by atoms with van der Waals surface area (Å²) < 4.78 is 0. The summed E-state index contributed by atoms with van der Waals surface area (Å²) in [6, 6.07) is 7.74. The first kappa shape index (κ1) is 13.1. The Morgan fingerprint density at radius 1 is 1.19 bits per heavy atom. The van der Waals surface area contributed by atoms with Crippen LogP contribution in [0.5, 0.6) is 0 Å². The van der Waals surface area contributed by atoms with Crippen LogP contribution < -0.4 is 0 Å². The van der Waals surface area contributed by atoms with Crippen LogP contribution in [0.1, 0.15) is 32.6 Å². The van der Waals surface area contributed by atoms with Gasteiger partial charge in [-0.1, -0.05) is 43.5 Å². The van der Waals surface area contributed by atoms with Crippen molar-refractivity contribution in [2.24, 2.45) is 0 Å². The molecule has 1 aromatic heterocycles. The van der Waals surface area contributed by atoms with Crippen molar-refractivity contribution >= 4 is 20.3 Å². The van der Waals surface area contributed by atoms with Crippen LogP contribution in [0, 0.1) is 0 Å².